The van der Waals surface area contributed by atoms with E-state index in [4.69, 9.17) is 0 Å². The normalized spacial score (nSPS) is 37.9. The fourth-order valence-electron chi connectivity index (χ4n) is 2.12. The summed E-state index contributed by atoms with van der Waals surface area (Å²) in [5.74, 6) is 0. The number of rotatable bonds is 0. The Hall–Kier alpha value is 0.210. The summed E-state index contributed by atoms with van der Waals surface area (Å²) in [6, 6.07) is 1.65. The molecule has 0 aromatic rings. The van der Waals surface area contributed by atoms with Crippen molar-refractivity contribution in [1.82, 2.24) is 10.2 Å². The van der Waals surface area contributed by atoms with Gasteiger partial charge in [-0.25, -0.2) is 0 Å². The van der Waals surface area contributed by atoms with E-state index in [-0.39, 0.29) is 12.4 Å². The summed E-state index contributed by atoms with van der Waals surface area (Å²) in [5, 5.41) is 3.64. The quantitative estimate of drug-likeness (QED) is 0.589. The van der Waals surface area contributed by atoms with Crippen LogP contribution in [0.15, 0.2) is 0 Å². The van der Waals surface area contributed by atoms with E-state index in [2.05, 4.69) is 17.3 Å². The summed E-state index contributed by atoms with van der Waals surface area (Å²) in [7, 11) is 2.22. The Bertz CT molecular complexity index is 129. The second-order valence-electron chi connectivity index (χ2n) is 3.69. The molecule has 0 radical (unpaired) electrons. The van der Waals surface area contributed by atoms with Gasteiger partial charge in [-0.3, -0.25) is 0 Å². The van der Waals surface area contributed by atoms with E-state index in [9.17, 15) is 0 Å². The largest absolute Gasteiger partial charge is 0.310 e. The highest BCUT2D eigenvalue weighted by atomic mass is 35.5. The van der Waals surface area contributed by atoms with Crippen LogP contribution < -0.4 is 5.32 Å². The highest BCUT2D eigenvalue weighted by Gasteiger charge is 2.27. The molecule has 2 atom stereocenters. The van der Waals surface area contributed by atoms with Crippen molar-refractivity contribution in [2.45, 2.75) is 31.3 Å². The molecule has 0 aromatic carbocycles. The van der Waals surface area contributed by atoms with Gasteiger partial charge in [-0.2, -0.15) is 0 Å². The van der Waals surface area contributed by atoms with Crippen molar-refractivity contribution in [1.29, 1.82) is 0 Å². The fourth-order valence-corrected chi connectivity index (χ4v) is 2.12. The smallest absolute Gasteiger partial charge is 0.0198 e. The third kappa shape index (κ3) is 2.08. The minimum atomic E-state index is 0. The molecule has 2 bridgehead atoms. The van der Waals surface area contributed by atoms with Gasteiger partial charge in [0.05, 0.1) is 0 Å². The molecular formula is C8H17ClN2. The predicted molar refractivity (Wildman–Crippen MR) is 49.3 cm³/mol. The van der Waals surface area contributed by atoms with Crippen molar-refractivity contribution in [2.24, 2.45) is 0 Å². The molecule has 0 spiro atoms. The molecule has 0 aromatic heterocycles. The number of likely N-dealkylation sites (N-methyl/N-ethyl adjacent to an activating group) is 1. The number of nitrogens with one attached hydrogen (secondary N) is 1. The van der Waals surface area contributed by atoms with Crippen LogP contribution in [0.25, 0.3) is 0 Å². The predicted octanol–water partition coefficient (Wildman–Crippen LogP) is 0.864. The summed E-state index contributed by atoms with van der Waals surface area (Å²) in [5.41, 5.74) is 0. The molecule has 2 fully saturated rings. The van der Waals surface area contributed by atoms with Gasteiger partial charge in [-0.15, -0.1) is 12.4 Å². The molecule has 0 saturated carbocycles. The van der Waals surface area contributed by atoms with Crippen molar-refractivity contribution in [2.75, 3.05) is 20.1 Å². The lowest BCUT2D eigenvalue weighted by molar-refractivity contribution is 0.313. The van der Waals surface area contributed by atoms with Gasteiger partial charge in [-0.05, 0) is 32.9 Å². The first-order valence-electron chi connectivity index (χ1n) is 4.29. The molecule has 2 nitrogen and oxygen atoms in total. The van der Waals surface area contributed by atoms with Crippen molar-refractivity contribution in [3.63, 3.8) is 0 Å². The molecule has 2 unspecified atom stereocenters. The Morgan fingerprint density at radius 1 is 1.18 bits per heavy atom. The Morgan fingerprint density at radius 3 is 2.73 bits per heavy atom. The first-order chi connectivity index (χ1) is 4.84. The van der Waals surface area contributed by atoms with Crippen LogP contribution in [0.4, 0.5) is 0 Å². The van der Waals surface area contributed by atoms with Crippen LogP contribution in [0.1, 0.15) is 19.3 Å². The Balaban J connectivity index is 0.000000605. The maximum absolute atomic E-state index is 3.64. The van der Waals surface area contributed by atoms with Gasteiger partial charge in [0, 0.05) is 18.6 Å². The van der Waals surface area contributed by atoms with Crippen LogP contribution in [0.2, 0.25) is 0 Å². The van der Waals surface area contributed by atoms with Gasteiger partial charge in [0.2, 0.25) is 0 Å². The van der Waals surface area contributed by atoms with E-state index >= 15 is 0 Å². The van der Waals surface area contributed by atoms with E-state index in [1.165, 1.54) is 32.4 Å². The van der Waals surface area contributed by atoms with Crippen LogP contribution in [0.5, 0.6) is 0 Å². The minimum Gasteiger partial charge on any atom is -0.310 e. The number of halogens is 1. The Labute approximate surface area is 74.7 Å². The van der Waals surface area contributed by atoms with Gasteiger partial charge in [0.1, 0.15) is 0 Å². The summed E-state index contributed by atoms with van der Waals surface area (Å²) in [6.07, 6.45) is 4.17. The maximum Gasteiger partial charge on any atom is 0.0198 e. The molecule has 1 N–H and O–H groups in total. The SMILES string of the molecule is CN1CCC2CCC(C1)N2.Cl. The number of nitrogens with zero attached hydrogens (tertiary/aromatic N) is 1. The van der Waals surface area contributed by atoms with E-state index in [1.807, 2.05) is 0 Å². The molecule has 2 rings (SSSR count). The molecular weight excluding hydrogens is 160 g/mol. The average Bonchev–Trinajstić information content (AvgIpc) is 2.22. The second-order valence-corrected chi connectivity index (χ2v) is 3.69. The lowest BCUT2D eigenvalue weighted by Crippen LogP contribution is -2.33. The Kier molecular flexibility index (Phi) is 3.16. The molecule has 2 heterocycles. The van der Waals surface area contributed by atoms with Gasteiger partial charge in [0.15, 0.2) is 0 Å². The molecule has 2 aliphatic heterocycles. The monoisotopic (exact) mass is 176 g/mol. The zero-order valence-electron chi connectivity index (χ0n) is 7.05. The van der Waals surface area contributed by atoms with Crippen molar-refractivity contribution >= 4 is 12.4 Å². The van der Waals surface area contributed by atoms with Crippen molar-refractivity contribution in [3.05, 3.63) is 0 Å². The molecule has 3 heteroatoms. The minimum absolute atomic E-state index is 0. The topological polar surface area (TPSA) is 15.3 Å². The second kappa shape index (κ2) is 3.74. The standard InChI is InChI=1S/C8H16N2.ClH/c1-10-5-4-7-2-3-8(6-10)9-7;/h7-9H,2-6H2,1H3;1H. The highest BCUT2D eigenvalue weighted by molar-refractivity contribution is 5.85. The molecule has 2 saturated heterocycles. The highest BCUT2D eigenvalue weighted by Crippen LogP contribution is 2.18. The van der Waals surface area contributed by atoms with Crippen LogP contribution in [-0.4, -0.2) is 37.1 Å². The first kappa shape index (κ1) is 9.30. The zero-order chi connectivity index (χ0) is 6.97. The fraction of sp³-hybridized carbons (Fsp3) is 1.00. The van der Waals surface area contributed by atoms with Crippen LogP contribution in [0, 0.1) is 0 Å². The van der Waals surface area contributed by atoms with E-state index < -0.39 is 0 Å². The first-order valence-corrected chi connectivity index (χ1v) is 4.29. The average molecular weight is 177 g/mol. The summed E-state index contributed by atoms with van der Waals surface area (Å²) in [6.45, 7) is 2.55. The maximum atomic E-state index is 3.64. The number of hydrogen-bond acceptors (Lipinski definition) is 2. The number of fused-ring (bicyclic) bond motifs is 2. The lowest BCUT2D eigenvalue weighted by Gasteiger charge is -2.17. The Morgan fingerprint density at radius 2 is 1.91 bits per heavy atom. The van der Waals surface area contributed by atoms with Crippen LogP contribution in [0.3, 0.4) is 0 Å². The summed E-state index contributed by atoms with van der Waals surface area (Å²) >= 11 is 0. The van der Waals surface area contributed by atoms with Crippen molar-refractivity contribution in [3.8, 4) is 0 Å². The molecule has 11 heavy (non-hydrogen) atoms. The van der Waals surface area contributed by atoms with E-state index in [0.717, 1.165) is 12.1 Å². The number of likely N-dealkylation sites (tertiary alicyclic amines) is 1. The van der Waals surface area contributed by atoms with Crippen LogP contribution >= 0.6 is 12.4 Å². The van der Waals surface area contributed by atoms with Gasteiger partial charge < -0.3 is 10.2 Å². The van der Waals surface area contributed by atoms with Crippen molar-refractivity contribution < 1.29 is 0 Å². The van der Waals surface area contributed by atoms with E-state index in [1.54, 1.807) is 0 Å². The summed E-state index contributed by atoms with van der Waals surface area (Å²) < 4.78 is 0. The molecule has 0 amide bonds. The third-order valence-electron chi connectivity index (χ3n) is 2.73. The molecule has 66 valence electrons. The molecule has 0 aliphatic carbocycles. The third-order valence-corrected chi connectivity index (χ3v) is 2.73. The van der Waals surface area contributed by atoms with Gasteiger partial charge >= 0.3 is 0 Å². The lowest BCUT2D eigenvalue weighted by atomic mass is 10.1. The van der Waals surface area contributed by atoms with Crippen LogP contribution in [-0.2, 0) is 0 Å². The van der Waals surface area contributed by atoms with Gasteiger partial charge in [-0.1, -0.05) is 0 Å². The molecule has 2 aliphatic rings. The van der Waals surface area contributed by atoms with E-state index in [0.29, 0.717) is 0 Å². The summed E-state index contributed by atoms with van der Waals surface area (Å²) in [4.78, 5) is 2.44. The number of hydrogen-bond donors (Lipinski definition) is 1. The zero-order valence-corrected chi connectivity index (χ0v) is 7.86. The van der Waals surface area contributed by atoms with Gasteiger partial charge in [0.25, 0.3) is 0 Å².